The van der Waals surface area contributed by atoms with Crippen LogP contribution < -0.4 is 5.32 Å². The number of carbonyl (C=O) groups is 3. The van der Waals surface area contributed by atoms with Gasteiger partial charge in [0, 0.05) is 12.5 Å². The quantitative estimate of drug-likeness (QED) is 0.588. The summed E-state index contributed by atoms with van der Waals surface area (Å²) in [5, 5.41) is 12.5. The van der Waals surface area contributed by atoms with E-state index in [0.717, 1.165) is 47.9 Å². The summed E-state index contributed by atoms with van der Waals surface area (Å²) in [6.07, 6.45) is 4.36. The lowest BCUT2D eigenvalue weighted by Crippen LogP contribution is -2.54. The Labute approximate surface area is 206 Å². The summed E-state index contributed by atoms with van der Waals surface area (Å²) in [5.74, 6) is -1.40. The van der Waals surface area contributed by atoms with Crippen LogP contribution in [0.5, 0.6) is 0 Å². The molecule has 0 radical (unpaired) electrons. The van der Waals surface area contributed by atoms with Gasteiger partial charge in [0.1, 0.15) is 18.7 Å². The molecule has 0 aromatic heterocycles. The Kier molecular flexibility index (Phi) is 8.06. The van der Waals surface area contributed by atoms with E-state index in [1.807, 2.05) is 31.2 Å². The average molecular weight is 479 g/mol. The molecule has 2 unspecified atom stereocenters. The number of hydrogen-bond acceptors (Lipinski definition) is 4. The van der Waals surface area contributed by atoms with Crippen LogP contribution in [0, 0.1) is 0 Å². The highest BCUT2D eigenvalue weighted by molar-refractivity contribution is 5.89. The monoisotopic (exact) mass is 478 g/mol. The van der Waals surface area contributed by atoms with Crippen molar-refractivity contribution in [3.8, 4) is 11.1 Å². The molecule has 1 heterocycles. The first kappa shape index (κ1) is 24.8. The number of aliphatic carboxylic acids is 1. The Morgan fingerprint density at radius 1 is 1.00 bits per heavy atom. The molecule has 1 aliphatic carbocycles. The number of likely N-dealkylation sites (tertiary alicyclic amines) is 1. The number of carboxylic acid groups (broad SMARTS) is 1. The topological polar surface area (TPSA) is 95.9 Å². The van der Waals surface area contributed by atoms with Crippen LogP contribution in [0.25, 0.3) is 11.1 Å². The molecule has 0 saturated carbocycles. The van der Waals surface area contributed by atoms with Gasteiger partial charge in [-0.3, -0.25) is 4.79 Å². The van der Waals surface area contributed by atoms with Gasteiger partial charge in [-0.2, -0.15) is 0 Å². The van der Waals surface area contributed by atoms with Gasteiger partial charge in [-0.25, -0.2) is 9.59 Å². The van der Waals surface area contributed by atoms with E-state index in [2.05, 4.69) is 29.6 Å². The number of benzene rings is 2. The number of amides is 2. The predicted molar refractivity (Wildman–Crippen MR) is 133 cm³/mol. The molecular weight excluding hydrogens is 444 g/mol. The van der Waals surface area contributed by atoms with Crippen molar-refractivity contribution in [3.63, 3.8) is 0 Å². The van der Waals surface area contributed by atoms with Gasteiger partial charge in [-0.15, -0.1) is 0 Å². The Morgan fingerprint density at radius 3 is 2.26 bits per heavy atom. The van der Waals surface area contributed by atoms with Crippen molar-refractivity contribution in [3.05, 3.63) is 59.7 Å². The van der Waals surface area contributed by atoms with E-state index in [0.29, 0.717) is 25.8 Å². The molecule has 1 aliphatic heterocycles. The van der Waals surface area contributed by atoms with Gasteiger partial charge in [-0.05, 0) is 41.5 Å². The minimum atomic E-state index is -0.989. The Bertz CT molecular complexity index is 1020. The first-order chi connectivity index (χ1) is 17.0. The summed E-state index contributed by atoms with van der Waals surface area (Å²) in [4.78, 5) is 39.5. The van der Waals surface area contributed by atoms with Gasteiger partial charge in [0.15, 0.2) is 0 Å². The minimum absolute atomic E-state index is 0.0702. The molecule has 2 aromatic rings. The number of nitrogens with zero attached hydrogens (tertiary/aromatic N) is 1. The molecule has 0 spiro atoms. The van der Waals surface area contributed by atoms with Crippen molar-refractivity contribution in [2.75, 3.05) is 13.2 Å². The summed E-state index contributed by atoms with van der Waals surface area (Å²) in [6, 6.07) is 14.6. The van der Waals surface area contributed by atoms with Gasteiger partial charge in [0.25, 0.3) is 0 Å². The third kappa shape index (κ3) is 5.50. The molecule has 0 bridgehead atoms. The number of rotatable bonds is 7. The maximum Gasteiger partial charge on any atom is 0.407 e. The zero-order valence-corrected chi connectivity index (χ0v) is 20.2. The second-order valence-electron chi connectivity index (χ2n) is 9.40. The standard InChI is InChI=1S/C28H34N2O5/c1-2-11-24(26(31)30-17-10-4-3-5-16-25(30)27(32)33)29-28(34)35-18-23-21-14-8-6-12-19(21)20-13-7-9-15-22(20)23/h6-9,12-15,23-25H,2-5,10-11,16-18H2,1H3,(H,29,34)(H,32,33). The van der Waals surface area contributed by atoms with E-state index in [1.54, 1.807) is 0 Å². The third-order valence-corrected chi connectivity index (χ3v) is 7.08. The second kappa shape index (κ2) is 11.4. The smallest absolute Gasteiger partial charge is 0.407 e. The Morgan fingerprint density at radius 2 is 1.63 bits per heavy atom. The van der Waals surface area contributed by atoms with E-state index >= 15 is 0 Å². The molecular formula is C28H34N2O5. The summed E-state index contributed by atoms with van der Waals surface area (Å²) >= 11 is 0. The highest BCUT2D eigenvalue weighted by Crippen LogP contribution is 2.44. The number of nitrogens with one attached hydrogen (secondary N) is 1. The van der Waals surface area contributed by atoms with Gasteiger partial charge >= 0.3 is 12.1 Å². The zero-order valence-electron chi connectivity index (χ0n) is 20.2. The lowest BCUT2D eigenvalue weighted by Gasteiger charge is -2.33. The van der Waals surface area contributed by atoms with E-state index in [1.165, 1.54) is 4.90 Å². The summed E-state index contributed by atoms with van der Waals surface area (Å²) in [5.41, 5.74) is 4.53. The van der Waals surface area contributed by atoms with Crippen molar-refractivity contribution in [2.24, 2.45) is 0 Å². The van der Waals surface area contributed by atoms with Crippen LogP contribution >= 0.6 is 0 Å². The lowest BCUT2D eigenvalue weighted by molar-refractivity contribution is -0.152. The number of hydrogen-bond donors (Lipinski definition) is 2. The number of carboxylic acids is 1. The average Bonchev–Trinajstić information content (AvgIpc) is 3.15. The third-order valence-electron chi connectivity index (χ3n) is 7.08. The van der Waals surface area contributed by atoms with Crippen molar-refractivity contribution >= 4 is 18.0 Å². The molecule has 7 nitrogen and oxygen atoms in total. The second-order valence-corrected chi connectivity index (χ2v) is 9.40. The zero-order chi connectivity index (χ0) is 24.8. The SMILES string of the molecule is CCCC(NC(=O)OCC1c2ccccc2-c2ccccc21)C(=O)N1CCCCCCC1C(=O)O. The Hall–Kier alpha value is -3.35. The van der Waals surface area contributed by atoms with Crippen LogP contribution in [0.15, 0.2) is 48.5 Å². The molecule has 2 atom stereocenters. The molecule has 4 rings (SSSR count). The van der Waals surface area contributed by atoms with Crippen LogP contribution in [-0.4, -0.2) is 53.2 Å². The minimum Gasteiger partial charge on any atom is -0.480 e. The van der Waals surface area contributed by atoms with Gasteiger partial charge < -0.3 is 20.1 Å². The van der Waals surface area contributed by atoms with E-state index in [-0.39, 0.29) is 18.4 Å². The molecule has 1 saturated heterocycles. The number of fused-ring (bicyclic) bond motifs is 3. The van der Waals surface area contributed by atoms with Gasteiger partial charge in [0.05, 0.1) is 0 Å². The van der Waals surface area contributed by atoms with Crippen molar-refractivity contribution in [1.82, 2.24) is 10.2 Å². The highest BCUT2D eigenvalue weighted by Gasteiger charge is 2.35. The number of alkyl carbamates (subject to hydrolysis) is 1. The molecule has 1 fully saturated rings. The van der Waals surface area contributed by atoms with Crippen LogP contribution in [-0.2, 0) is 14.3 Å². The molecule has 2 aromatic carbocycles. The lowest BCUT2D eigenvalue weighted by atomic mass is 9.98. The van der Waals surface area contributed by atoms with Gasteiger partial charge in [0.2, 0.25) is 5.91 Å². The maximum atomic E-state index is 13.4. The highest BCUT2D eigenvalue weighted by atomic mass is 16.5. The Balaban J connectivity index is 1.44. The first-order valence-corrected chi connectivity index (χ1v) is 12.7. The number of carbonyl (C=O) groups excluding carboxylic acids is 2. The molecule has 35 heavy (non-hydrogen) atoms. The summed E-state index contributed by atoms with van der Waals surface area (Å²) in [6.45, 7) is 2.48. The van der Waals surface area contributed by atoms with E-state index in [4.69, 9.17) is 4.74 Å². The fourth-order valence-electron chi connectivity index (χ4n) is 5.33. The number of ether oxygens (including phenoxy) is 1. The van der Waals surface area contributed by atoms with Crippen molar-refractivity contribution in [2.45, 2.75) is 69.9 Å². The first-order valence-electron chi connectivity index (χ1n) is 12.7. The van der Waals surface area contributed by atoms with E-state index in [9.17, 15) is 19.5 Å². The van der Waals surface area contributed by atoms with E-state index < -0.39 is 24.1 Å². The van der Waals surface area contributed by atoms with Crippen LogP contribution in [0.1, 0.15) is 68.9 Å². The van der Waals surface area contributed by atoms with Crippen LogP contribution in [0.3, 0.4) is 0 Å². The fourth-order valence-corrected chi connectivity index (χ4v) is 5.33. The fraction of sp³-hybridized carbons (Fsp3) is 0.464. The summed E-state index contributed by atoms with van der Waals surface area (Å²) in [7, 11) is 0. The summed E-state index contributed by atoms with van der Waals surface area (Å²) < 4.78 is 5.64. The predicted octanol–water partition coefficient (Wildman–Crippen LogP) is 4.94. The van der Waals surface area contributed by atoms with Crippen molar-refractivity contribution < 1.29 is 24.2 Å². The molecule has 2 N–H and O–H groups in total. The van der Waals surface area contributed by atoms with Crippen molar-refractivity contribution in [1.29, 1.82) is 0 Å². The van der Waals surface area contributed by atoms with Crippen LogP contribution in [0.4, 0.5) is 4.79 Å². The maximum absolute atomic E-state index is 13.4. The molecule has 2 aliphatic rings. The van der Waals surface area contributed by atoms with Crippen LogP contribution in [0.2, 0.25) is 0 Å². The van der Waals surface area contributed by atoms with Gasteiger partial charge in [-0.1, -0.05) is 81.1 Å². The largest absolute Gasteiger partial charge is 0.480 e. The molecule has 7 heteroatoms. The normalized spacial score (nSPS) is 18.5. The molecule has 2 amide bonds. The molecule has 186 valence electrons.